The van der Waals surface area contributed by atoms with Gasteiger partial charge in [0.05, 0.1) is 12.8 Å². The van der Waals surface area contributed by atoms with E-state index in [1.54, 1.807) is 7.11 Å². The highest BCUT2D eigenvalue weighted by molar-refractivity contribution is 5.66. The zero-order chi connectivity index (χ0) is 18.4. The van der Waals surface area contributed by atoms with E-state index in [0.29, 0.717) is 35.1 Å². The molecule has 144 valence electrons. The third-order valence-electron chi connectivity index (χ3n) is 5.64. The van der Waals surface area contributed by atoms with Gasteiger partial charge in [-0.1, -0.05) is 0 Å². The number of likely N-dealkylation sites (tertiary alicyclic amines) is 1. The highest BCUT2D eigenvalue weighted by Gasteiger charge is 2.33. The molecule has 2 unspecified atom stereocenters. The van der Waals surface area contributed by atoms with Crippen LogP contribution in [0, 0.1) is 12.8 Å². The van der Waals surface area contributed by atoms with Gasteiger partial charge in [0.25, 0.3) is 0 Å². The first-order valence-electron chi connectivity index (χ1n) is 9.36. The van der Waals surface area contributed by atoms with Gasteiger partial charge in [-0.2, -0.15) is 0 Å². The van der Waals surface area contributed by atoms with Crippen LogP contribution >= 0.6 is 0 Å². The zero-order valence-corrected chi connectivity index (χ0v) is 15.6. The number of benzene rings is 1. The van der Waals surface area contributed by atoms with Crippen molar-refractivity contribution in [3.8, 4) is 28.7 Å². The molecule has 3 aliphatic rings. The third kappa shape index (κ3) is 3.03. The Morgan fingerprint density at radius 3 is 3.15 bits per heavy atom. The number of fused-ring (bicyclic) bond motifs is 2. The molecule has 0 spiro atoms. The summed E-state index contributed by atoms with van der Waals surface area (Å²) in [6.45, 7) is 6.15. The van der Waals surface area contributed by atoms with Crippen molar-refractivity contribution in [1.29, 1.82) is 0 Å². The van der Waals surface area contributed by atoms with E-state index in [0.717, 1.165) is 49.6 Å². The maximum atomic E-state index is 5.97. The van der Waals surface area contributed by atoms with Crippen LogP contribution in [-0.2, 0) is 6.54 Å². The Bertz CT molecular complexity index is 852. The van der Waals surface area contributed by atoms with Gasteiger partial charge in [-0.3, -0.25) is 15.8 Å². The molecule has 4 heterocycles. The monoisotopic (exact) mass is 372 g/mol. The van der Waals surface area contributed by atoms with E-state index in [1.807, 2.05) is 19.1 Å². The minimum Gasteiger partial charge on any atom is -0.493 e. The number of nitrogens with zero attached hydrogens (tertiary/aromatic N) is 2. The quantitative estimate of drug-likeness (QED) is 0.839. The predicted octanol–water partition coefficient (Wildman–Crippen LogP) is 1.69. The molecule has 0 amide bonds. The van der Waals surface area contributed by atoms with Crippen LogP contribution in [0.3, 0.4) is 0 Å². The number of rotatable bonds is 4. The lowest BCUT2D eigenvalue weighted by molar-refractivity contribution is 0.159. The first kappa shape index (κ1) is 16.9. The summed E-state index contributed by atoms with van der Waals surface area (Å²) in [5, 5.41) is 0. The zero-order valence-electron chi connectivity index (χ0n) is 15.6. The molecule has 1 aromatic carbocycles. The maximum Gasteiger partial charge on any atom is 0.231 e. The smallest absolute Gasteiger partial charge is 0.231 e. The van der Waals surface area contributed by atoms with Crippen molar-refractivity contribution >= 4 is 0 Å². The van der Waals surface area contributed by atoms with Gasteiger partial charge in [0.2, 0.25) is 18.4 Å². The average molecular weight is 372 g/mol. The Kier molecular flexibility index (Phi) is 4.18. The molecule has 0 radical (unpaired) electrons. The number of piperidine rings is 1. The minimum atomic E-state index is 0.200. The maximum absolute atomic E-state index is 5.97. The molecule has 8 heteroatoms. The highest BCUT2D eigenvalue weighted by atomic mass is 16.7. The highest BCUT2D eigenvalue weighted by Crippen LogP contribution is 2.44. The number of aromatic nitrogens is 1. The molecule has 0 saturated carbocycles. The van der Waals surface area contributed by atoms with Crippen LogP contribution in [0.2, 0.25) is 0 Å². The molecule has 2 N–H and O–H groups in total. The first-order chi connectivity index (χ1) is 13.2. The summed E-state index contributed by atoms with van der Waals surface area (Å²) in [5.74, 6) is 4.00. The van der Waals surface area contributed by atoms with Crippen LogP contribution in [0.5, 0.6) is 17.2 Å². The molecule has 0 aliphatic carbocycles. The fourth-order valence-electron chi connectivity index (χ4n) is 4.13. The number of ether oxygens (including phenoxy) is 3. The van der Waals surface area contributed by atoms with Crippen molar-refractivity contribution in [2.75, 3.05) is 33.5 Å². The van der Waals surface area contributed by atoms with Crippen molar-refractivity contribution < 1.29 is 18.6 Å². The van der Waals surface area contributed by atoms with Crippen LogP contribution in [0.4, 0.5) is 0 Å². The topological polar surface area (TPSA) is 81.0 Å². The van der Waals surface area contributed by atoms with Crippen molar-refractivity contribution in [2.45, 2.75) is 25.9 Å². The van der Waals surface area contributed by atoms with Gasteiger partial charge < -0.3 is 18.6 Å². The number of hydrogen-bond donors (Lipinski definition) is 2. The van der Waals surface area contributed by atoms with Crippen molar-refractivity contribution in [2.24, 2.45) is 5.92 Å². The van der Waals surface area contributed by atoms with E-state index in [9.17, 15) is 0 Å². The van der Waals surface area contributed by atoms with Crippen LogP contribution in [0.1, 0.15) is 17.9 Å². The summed E-state index contributed by atoms with van der Waals surface area (Å²) in [7, 11) is 1.61. The number of aryl methyl sites for hydroxylation is 1. The number of hydrazine groups is 1. The molecular formula is C19H24N4O4. The summed E-state index contributed by atoms with van der Waals surface area (Å²) in [6.07, 6.45) is 1.15. The van der Waals surface area contributed by atoms with Gasteiger partial charge in [-0.05, 0) is 25.5 Å². The number of nitrogens with one attached hydrogen (secondary N) is 2. The summed E-state index contributed by atoms with van der Waals surface area (Å²) < 4.78 is 22.4. The number of hydrogen-bond acceptors (Lipinski definition) is 8. The van der Waals surface area contributed by atoms with Gasteiger partial charge in [0.15, 0.2) is 11.5 Å². The largest absolute Gasteiger partial charge is 0.493 e. The Morgan fingerprint density at radius 1 is 1.33 bits per heavy atom. The molecule has 2 aromatic rings. The Labute approximate surface area is 157 Å². The third-order valence-corrected chi connectivity index (χ3v) is 5.64. The molecule has 0 bridgehead atoms. The summed E-state index contributed by atoms with van der Waals surface area (Å²) in [6, 6.07) is 4.36. The molecule has 3 aliphatic heterocycles. The average Bonchev–Trinajstić information content (AvgIpc) is 3.40. The summed E-state index contributed by atoms with van der Waals surface area (Å²) >= 11 is 0. The SMILES string of the molecule is COc1cc(-c2nc(CN3CCC4NNCC4C3)c(C)o2)cc2c1OCO2. The van der Waals surface area contributed by atoms with E-state index in [-0.39, 0.29) is 6.79 Å². The van der Waals surface area contributed by atoms with Crippen molar-refractivity contribution in [1.82, 2.24) is 20.7 Å². The fourth-order valence-corrected chi connectivity index (χ4v) is 4.13. The number of methoxy groups -OCH3 is 1. The molecule has 2 atom stereocenters. The van der Waals surface area contributed by atoms with Gasteiger partial charge in [-0.15, -0.1) is 0 Å². The Balaban J connectivity index is 1.37. The van der Waals surface area contributed by atoms with Gasteiger partial charge in [0.1, 0.15) is 5.76 Å². The lowest BCUT2D eigenvalue weighted by atomic mass is 9.94. The van der Waals surface area contributed by atoms with Crippen LogP contribution in [-0.4, -0.2) is 49.5 Å². The van der Waals surface area contributed by atoms with Gasteiger partial charge in [-0.25, -0.2) is 4.98 Å². The Hall–Kier alpha value is -2.29. The lowest BCUT2D eigenvalue weighted by Gasteiger charge is -2.33. The fraction of sp³-hybridized carbons (Fsp3) is 0.526. The van der Waals surface area contributed by atoms with Crippen LogP contribution < -0.4 is 25.1 Å². The molecule has 8 nitrogen and oxygen atoms in total. The predicted molar refractivity (Wildman–Crippen MR) is 97.7 cm³/mol. The van der Waals surface area contributed by atoms with Crippen molar-refractivity contribution in [3.63, 3.8) is 0 Å². The molecule has 5 rings (SSSR count). The van der Waals surface area contributed by atoms with E-state index < -0.39 is 0 Å². The van der Waals surface area contributed by atoms with E-state index >= 15 is 0 Å². The van der Waals surface area contributed by atoms with E-state index in [2.05, 4.69) is 15.8 Å². The minimum absolute atomic E-state index is 0.200. The van der Waals surface area contributed by atoms with E-state index in [1.165, 1.54) is 0 Å². The first-order valence-corrected chi connectivity index (χ1v) is 9.36. The summed E-state index contributed by atoms with van der Waals surface area (Å²) in [4.78, 5) is 7.23. The molecule has 2 fully saturated rings. The lowest BCUT2D eigenvalue weighted by Crippen LogP contribution is -2.44. The molecular weight excluding hydrogens is 348 g/mol. The van der Waals surface area contributed by atoms with Gasteiger partial charge >= 0.3 is 0 Å². The second-order valence-corrected chi connectivity index (χ2v) is 7.35. The Morgan fingerprint density at radius 2 is 2.26 bits per heavy atom. The standard InChI is InChI=1S/C19H24N4O4/c1-11-15(9-23-4-3-14-13(8-23)7-20-22-14)21-19(27-11)12-5-16(24-2)18-17(6-12)25-10-26-18/h5-6,13-14,20,22H,3-4,7-10H2,1-2H3. The van der Waals surface area contributed by atoms with Crippen molar-refractivity contribution in [3.05, 3.63) is 23.6 Å². The number of oxazole rings is 1. The van der Waals surface area contributed by atoms with E-state index in [4.69, 9.17) is 23.6 Å². The molecule has 1 aromatic heterocycles. The van der Waals surface area contributed by atoms with Gasteiger partial charge in [0, 0.05) is 43.7 Å². The summed E-state index contributed by atoms with van der Waals surface area (Å²) in [5.41, 5.74) is 8.45. The molecule has 27 heavy (non-hydrogen) atoms. The van der Waals surface area contributed by atoms with Crippen LogP contribution in [0.15, 0.2) is 16.5 Å². The second-order valence-electron chi connectivity index (χ2n) is 7.35. The second kappa shape index (κ2) is 6.70. The normalized spacial score (nSPS) is 24.2. The van der Waals surface area contributed by atoms with Crippen LogP contribution in [0.25, 0.3) is 11.5 Å². The molecule has 2 saturated heterocycles.